The molecule has 0 radical (unpaired) electrons. The summed E-state index contributed by atoms with van der Waals surface area (Å²) in [6.45, 7) is 22.1. The molecule has 2 heterocycles. The van der Waals surface area contributed by atoms with E-state index in [4.69, 9.17) is 0 Å². The molecule has 2 fully saturated rings. The van der Waals surface area contributed by atoms with E-state index < -0.39 is 132 Å². The molecule has 0 bridgehead atoms. The van der Waals surface area contributed by atoms with E-state index in [-0.39, 0.29) is 62.1 Å². The summed E-state index contributed by atoms with van der Waals surface area (Å²) in [5, 5.41) is 20.0. The number of aliphatic hydroxyl groups excluding tert-OH is 1. The maximum absolute atomic E-state index is 15.4. The Bertz CT molecular complexity index is 2720. The number of carbonyl (C=O) groups excluding carboxylic acids is 10. The molecule has 8 amide bonds. The molecular formula is C67H104N10O11. The van der Waals surface area contributed by atoms with Crippen LogP contribution in [0.15, 0.2) is 72.9 Å². The molecule has 4 rings (SSSR count). The Hall–Kier alpha value is -7.00. The fraction of sp³-hybridized carbons (Fsp3) is 0.642. The molecular weight excluding hydrogens is 1120 g/mol. The molecule has 21 heteroatoms. The van der Waals surface area contributed by atoms with Crippen LogP contribution in [0.1, 0.15) is 125 Å². The number of ketones is 2. The second-order valence-electron chi connectivity index (χ2n) is 26.0. The van der Waals surface area contributed by atoms with Crippen molar-refractivity contribution < 1.29 is 53.1 Å². The number of nitrogens with one attached hydrogen (secondary N) is 3. The number of benzene rings is 2. The normalized spacial score (nSPS) is 26.0. The Balaban J connectivity index is 1.96. The van der Waals surface area contributed by atoms with E-state index in [1.54, 1.807) is 62.0 Å². The molecule has 11 atom stereocenters. The average Bonchev–Trinajstić information content (AvgIpc) is 3.07. The first-order chi connectivity index (χ1) is 41.3. The predicted octanol–water partition coefficient (Wildman–Crippen LogP) is 4.35. The lowest BCUT2D eigenvalue weighted by Gasteiger charge is -2.39. The second-order valence-corrected chi connectivity index (χ2v) is 26.0. The number of hydrogen-bond acceptors (Lipinski definition) is 13. The first kappa shape index (κ1) is 73.5. The molecule has 0 spiro atoms. The summed E-state index contributed by atoms with van der Waals surface area (Å²) in [4.78, 5) is 158. The lowest BCUT2D eigenvalue weighted by molar-refractivity contribution is -0.151. The highest BCUT2D eigenvalue weighted by molar-refractivity contribution is 6.08. The third kappa shape index (κ3) is 20.0. The van der Waals surface area contributed by atoms with Crippen molar-refractivity contribution in [3.05, 3.63) is 84.1 Å². The van der Waals surface area contributed by atoms with Gasteiger partial charge in [0.2, 0.25) is 35.4 Å². The topological polar surface area (TPSA) is 250 Å². The van der Waals surface area contributed by atoms with Crippen molar-refractivity contribution >= 4 is 58.8 Å². The number of aliphatic hydroxyl groups is 1. The quantitative estimate of drug-likeness (QED) is 0.193. The Labute approximate surface area is 523 Å². The minimum Gasteiger partial charge on any atom is -0.391 e. The van der Waals surface area contributed by atoms with Gasteiger partial charge < -0.3 is 50.5 Å². The van der Waals surface area contributed by atoms with Crippen LogP contribution in [0.5, 0.6) is 0 Å². The van der Waals surface area contributed by atoms with Gasteiger partial charge >= 0.3 is 0 Å². The second kappa shape index (κ2) is 34.1. The van der Waals surface area contributed by atoms with Crippen molar-refractivity contribution in [2.45, 2.75) is 181 Å². The van der Waals surface area contributed by atoms with E-state index in [9.17, 15) is 33.9 Å². The van der Waals surface area contributed by atoms with Gasteiger partial charge in [-0.3, -0.25) is 52.8 Å². The van der Waals surface area contributed by atoms with Crippen LogP contribution in [0.25, 0.3) is 0 Å². The molecule has 88 heavy (non-hydrogen) atoms. The molecule has 4 N–H and O–H groups in total. The molecule has 488 valence electrons. The number of piperidine rings is 1. The highest BCUT2D eigenvalue weighted by Crippen LogP contribution is 2.28. The van der Waals surface area contributed by atoms with Crippen molar-refractivity contribution in [1.82, 2.24) is 50.2 Å². The zero-order valence-corrected chi connectivity index (χ0v) is 55.4. The van der Waals surface area contributed by atoms with Gasteiger partial charge in [-0.05, 0) is 94.2 Å². The number of Topliss-reactive ketones (excluding diaryl/α,β-unsaturated/α-hetero) is 2. The molecule has 0 saturated carbocycles. The van der Waals surface area contributed by atoms with Crippen molar-refractivity contribution in [2.75, 3.05) is 68.5 Å². The van der Waals surface area contributed by atoms with Gasteiger partial charge in [-0.2, -0.15) is 0 Å². The number of amides is 8. The number of likely N-dealkylation sites (tertiary alicyclic amines) is 1. The minimum absolute atomic E-state index is 0.0242. The predicted molar refractivity (Wildman–Crippen MR) is 340 cm³/mol. The van der Waals surface area contributed by atoms with E-state index in [2.05, 4.69) is 22.5 Å². The summed E-state index contributed by atoms with van der Waals surface area (Å²) in [7, 11) is 8.90. The van der Waals surface area contributed by atoms with Gasteiger partial charge in [-0.15, -0.1) is 0 Å². The Morgan fingerprint density at radius 2 is 1.08 bits per heavy atom. The van der Waals surface area contributed by atoms with Gasteiger partial charge in [-0.1, -0.05) is 129 Å². The molecule has 2 aliphatic rings. The van der Waals surface area contributed by atoms with Crippen molar-refractivity contribution in [1.29, 1.82) is 0 Å². The zero-order chi connectivity index (χ0) is 66.0. The van der Waals surface area contributed by atoms with E-state index in [0.29, 0.717) is 37.9 Å². The fourth-order valence-electron chi connectivity index (χ4n) is 11.8. The van der Waals surface area contributed by atoms with Crippen LogP contribution in [-0.4, -0.2) is 221 Å². The molecule has 21 nitrogen and oxygen atoms in total. The highest BCUT2D eigenvalue weighted by atomic mass is 16.3. The highest BCUT2D eigenvalue weighted by Gasteiger charge is 2.44. The summed E-state index contributed by atoms with van der Waals surface area (Å²) in [5.41, 5.74) is 1.64. The van der Waals surface area contributed by atoms with Gasteiger partial charge in [0.15, 0.2) is 17.6 Å². The molecule has 0 aromatic heterocycles. The molecule has 0 aliphatic carbocycles. The van der Waals surface area contributed by atoms with E-state index in [1.807, 2.05) is 84.9 Å². The van der Waals surface area contributed by atoms with Crippen LogP contribution in [0, 0.1) is 29.6 Å². The van der Waals surface area contributed by atoms with Gasteiger partial charge in [-0.25, -0.2) is 0 Å². The van der Waals surface area contributed by atoms with Crippen LogP contribution in [-0.2, 0) is 60.8 Å². The van der Waals surface area contributed by atoms with Crippen molar-refractivity contribution in [3.8, 4) is 0 Å². The fourth-order valence-corrected chi connectivity index (χ4v) is 11.8. The third-order valence-electron chi connectivity index (χ3n) is 17.4. The van der Waals surface area contributed by atoms with Gasteiger partial charge in [0, 0.05) is 66.9 Å². The molecule has 2 aromatic carbocycles. The van der Waals surface area contributed by atoms with Crippen LogP contribution in [0.2, 0.25) is 0 Å². The van der Waals surface area contributed by atoms with Crippen molar-refractivity contribution in [2.24, 2.45) is 29.6 Å². The van der Waals surface area contributed by atoms with Crippen LogP contribution >= 0.6 is 0 Å². The average molecular weight is 1230 g/mol. The number of likely N-dealkylation sites (N-methyl/N-ethyl adjacent to an activating group) is 6. The largest absolute Gasteiger partial charge is 0.391 e. The third-order valence-corrected chi connectivity index (χ3v) is 17.4. The Morgan fingerprint density at radius 3 is 1.59 bits per heavy atom. The monoisotopic (exact) mass is 1220 g/mol. The SMILES string of the molecule is C=C1[C@H](CC(C)C)C(=O)[C@H](C)NC(=O)[C@H]([C@@H](C)CC)N(C)C(=O)CN(C)C(=O)C(C(=O)N2CCCCC2)NC(=O)[C@H](CC(C)C)N(C)CC(=O)C(CC(C)C)N(C)C(=O)[C@H](Cc2ccccc2)N(C)C(=O)[C@H]([C@@H](C)O)NC(=O)[C@H](Cc2ccccc2)N1C. The lowest BCUT2D eigenvalue weighted by atomic mass is 9.86. The van der Waals surface area contributed by atoms with Gasteiger partial charge in [0.25, 0.3) is 11.8 Å². The maximum atomic E-state index is 15.4. The van der Waals surface area contributed by atoms with Crippen LogP contribution < -0.4 is 16.0 Å². The number of nitrogens with zero attached hydrogens (tertiary/aromatic N) is 7. The van der Waals surface area contributed by atoms with Crippen LogP contribution in [0.3, 0.4) is 0 Å². The van der Waals surface area contributed by atoms with E-state index in [1.165, 1.54) is 54.7 Å². The summed E-state index contributed by atoms with van der Waals surface area (Å²) in [6.07, 6.45) is 1.81. The van der Waals surface area contributed by atoms with E-state index >= 15 is 19.2 Å². The first-order valence-corrected chi connectivity index (χ1v) is 31.5. The molecule has 2 aromatic rings. The standard InChI is InChI=1S/C67H104N10O11/c1-18-44(8)59-63(84)68-45(9)60(81)50(34-41(2)3)46(10)73(14)53(37-48-28-22-19-23-29-48)62(83)69-57(47(11)78)66(87)75(16)54(38-49-30-24-20-25-31-49)64(85)74(15)51(35-42(4)5)55(79)39-71(12)52(36-43(6)7)61(82)70-58(67(88)77-32-26-21-27-33-77)65(86)72(13)40-56(80)76(59)17/h19-20,22-25,28-31,41-45,47,50-54,57-59,78H,10,18,21,26-27,32-40H2,1-9,11-17H3,(H,68,84)(H,69,83)(H,70,82)/t44-,45-,47+,50-,51?,52-,53-,54-,57-,58?,59-/m0/s1. The van der Waals surface area contributed by atoms with Gasteiger partial charge in [0.1, 0.15) is 24.2 Å². The zero-order valence-electron chi connectivity index (χ0n) is 55.4. The number of hydrogen-bond donors (Lipinski definition) is 4. The number of rotatable bonds is 14. The Morgan fingerprint density at radius 1 is 0.580 bits per heavy atom. The number of carbonyl (C=O) groups is 10. The number of allylic oxidation sites excluding steroid dienone is 1. The smallest absolute Gasteiger partial charge is 0.255 e. The minimum atomic E-state index is -1.77. The van der Waals surface area contributed by atoms with Gasteiger partial charge in [0.05, 0.1) is 43.2 Å². The lowest BCUT2D eigenvalue weighted by Crippen LogP contribution is -2.62. The summed E-state index contributed by atoms with van der Waals surface area (Å²) in [5.74, 6) is -8.30. The van der Waals surface area contributed by atoms with Crippen LogP contribution in [0.4, 0.5) is 0 Å². The van der Waals surface area contributed by atoms with Crippen molar-refractivity contribution in [3.63, 3.8) is 0 Å². The summed E-state index contributed by atoms with van der Waals surface area (Å²) < 4.78 is 0. The molecule has 2 aliphatic heterocycles. The molecule has 2 saturated heterocycles. The first-order valence-electron chi connectivity index (χ1n) is 31.5. The maximum Gasteiger partial charge on any atom is 0.255 e. The van der Waals surface area contributed by atoms with E-state index in [0.717, 1.165) is 16.9 Å². The Kier molecular flexibility index (Phi) is 28.5. The summed E-state index contributed by atoms with van der Waals surface area (Å²) in [6, 6.07) is 7.85. The molecule has 2 unspecified atom stereocenters. The summed E-state index contributed by atoms with van der Waals surface area (Å²) >= 11 is 0.